The van der Waals surface area contributed by atoms with Crippen LogP contribution in [0.15, 0.2) is 48.9 Å². The van der Waals surface area contributed by atoms with Gasteiger partial charge in [-0.3, -0.25) is 14.0 Å². The second-order valence-electron chi connectivity index (χ2n) is 9.68. The first-order valence-corrected chi connectivity index (χ1v) is 13.0. The predicted molar refractivity (Wildman–Crippen MR) is 145 cm³/mol. The highest BCUT2D eigenvalue weighted by Gasteiger charge is 2.31. The number of ether oxygens (including phenoxy) is 1. The van der Waals surface area contributed by atoms with E-state index in [0.29, 0.717) is 42.0 Å². The number of alkyl halides is 3. The van der Waals surface area contributed by atoms with Crippen molar-refractivity contribution in [3.8, 4) is 17.0 Å². The summed E-state index contributed by atoms with van der Waals surface area (Å²) in [6.45, 7) is 3.08. The number of imidazole rings is 1. The second-order valence-corrected chi connectivity index (χ2v) is 9.68. The van der Waals surface area contributed by atoms with E-state index in [1.165, 1.54) is 19.2 Å². The number of pyridine rings is 1. The SMILES string of the molecule is CCC(=O)N1CCC[C@@H](c2nc(-c3ccc(C(=O)Nc4cc(C(F)(F)F)ccn4)cc3OC)c3c(N)nccn23)C1. The highest BCUT2D eigenvalue weighted by molar-refractivity contribution is 6.04. The van der Waals surface area contributed by atoms with Gasteiger partial charge in [-0.05, 0) is 43.2 Å². The number of amides is 2. The van der Waals surface area contributed by atoms with E-state index >= 15 is 0 Å². The molecule has 0 bridgehead atoms. The van der Waals surface area contributed by atoms with Gasteiger partial charge < -0.3 is 20.7 Å². The maximum Gasteiger partial charge on any atom is 0.416 e. The summed E-state index contributed by atoms with van der Waals surface area (Å²) in [6.07, 6.45) is 1.88. The number of piperidine rings is 1. The molecule has 1 saturated heterocycles. The Kier molecular flexibility index (Phi) is 7.52. The molecule has 4 aromatic rings. The number of methoxy groups -OCH3 is 1. The highest BCUT2D eigenvalue weighted by Crippen LogP contribution is 2.38. The van der Waals surface area contributed by atoms with E-state index in [0.717, 1.165) is 37.0 Å². The lowest BCUT2D eigenvalue weighted by molar-refractivity contribution is -0.137. The maximum atomic E-state index is 13.1. The molecule has 1 aromatic carbocycles. The second kappa shape index (κ2) is 11.1. The molecule has 4 heterocycles. The van der Waals surface area contributed by atoms with Crippen molar-refractivity contribution in [1.29, 1.82) is 0 Å². The zero-order chi connectivity index (χ0) is 29.3. The fourth-order valence-electron chi connectivity index (χ4n) is 5.09. The van der Waals surface area contributed by atoms with E-state index in [-0.39, 0.29) is 29.0 Å². The van der Waals surface area contributed by atoms with E-state index < -0.39 is 17.6 Å². The standard InChI is InChI=1S/C28H28F3N7O3/c1-3-22(39)37-11-4-5-17(15-37)26-36-23(24-25(32)34-10-12-38(24)26)19-7-6-16(13-20(19)41-2)27(40)35-21-14-18(8-9-33-21)28(29,30)31/h6-10,12-14,17H,3-5,11,15H2,1-2H3,(H2,32,34)(H,33,35,40)/t17-/m1/s1. The van der Waals surface area contributed by atoms with Crippen LogP contribution in [0.3, 0.4) is 0 Å². The number of carbonyl (C=O) groups excluding carboxylic acids is 2. The number of nitrogens with two attached hydrogens (primary N) is 1. The fraction of sp³-hybridized carbons (Fsp3) is 0.321. The lowest BCUT2D eigenvalue weighted by Crippen LogP contribution is -2.39. The van der Waals surface area contributed by atoms with Gasteiger partial charge in [-0.15, -0.1) is 0 Å². The molecule has 41 heavy (non-hydrogen) atoms. The molecule has 0 spiro atoms. The molecule has 1 atom stereocenters. The predicted octanol–water partition coefficient (Wildman–Crippen LogP) is 4.77. The molecule has 214 valence electrons. The summed E-state index contributed by atoms with van der Waals surface area (Å²) in [6, 6.07) is 6.21. The Morgan fingerprint density at radius 2 is 1.98 bits per heavy atom. The molecule has 0 saturated carbocycles. The number of likely N-dealkylation sites (tertiary alicyclic amines) is 1. The van der Waals surface area contributed by atoms with Crippen molar-refractivity contribution < 1.29 is 27.5 Å². The van der Waals surface area contributed by atoms with Gasteiger partial charge in [0.05, 0.1) is 12.7 Å². The van der Waals surface area contributed by atoms with Gasteiger partial charge in [0.25, 0.3) is 5.91 Å². The van der Waals surface area contributed by atoms with Crippen molar-refractivity contribution in [3.63, 3.8) is 0 Å². The maximum absolute atomic E-state index is 13.1. The van der Waals surface area contributed by atoms with Crippen molar-refractivity contribution in [2.24, 2.45) is 0 Å². The van der Waals surface area contributed by atoms with Crippen molar-refractivity contribution in [3.05, 3.63) is 65.9 Å². The normalized spacial score (nSPS) is 15.6. The Morgan fingerprint density at radius 1 is 1.17 bits per heavy atom. The Bertz CT molecular complexity index is 1620. The van der Waals surface area contributed by atoms with Gasteiger partial charge in [0.1, 0.15) is 34.4 Å². The Hall–Kier alpha value is -4.68. The third kappa shape index (κ3) is 5.52. The lowest BCUT2D eigenvalue weighted by atomic mass is 9.97. The minimum Gasteiger partial charge on any atom is -0.496 e. The van der Waals surface area contributed by atoms with Gasteiger partial charge in [-0.2, -0.15) is 13.2 Å². The van der Waals surface area contributed by atoms with E-state index in [1.54, 1.807) is 18.5 Å². The number of nitrogens with one attached hydrogen (secondary N) is 1. The molecule has 13 heteroatoms. The van der Waals surface area contributed by atoms with Crippen LogP contribution in [0.1, 0.15) is 53.8 Å². The molecule has 1 aliphatic rings. The number of hydrogen-bond acceptors (Lipinski definition) is 7. The molecule has 2 amide bonds. The van der Waals surface area contributed by atoms with Gasteiger partial charge in [-0.25, -0.2) is 15.0 Å². The van der Waals surface area contributed by atoms with Crippen LogP contribution < -0.4 is 15.8 Å². The van der Waals surface area contributed by atoms with E-state index in [1.807, 2.05) is 16.2 Å². The van der Waals surface area contributed by atoms with E-state index in [4.69, 9.17) is 15.5 Å². The average Bonchev–Trinajstić information content (AvgIpc) is 3.37. The Balaban J connectivity index is 1.50. The highest BCUT2D eigenvalue weighted by atomic mass is 19.4. The number of hydrogen-bond donors (Lipinski definition) is 2. The molecule has 3 N–H and O–H groups in total. The summed E-state index contributed by atoms with van der Waals surface area (Å²) >= 11 is 0. The number of rotatable bonds is 6. The van der Waals surface area contributed by atoms with Gasteiger partial charge in [0.15, 0.2) is 0 Å². The molecule has 0 radical (unpaired) electrons. The summed E-state index contributed by atoms with van der Waals surface area (Å²) in [5, 5.41) is 2.40. The number of nitrogens with zero attached hydrogens (tertiary/aromatic N) is 5. The largest absolute Gasteiger partial charge is 0.496 e. The summed E-state index contributed by atoms with van der Waals surface area (Å²) in [5.74, 6) is 0.443. The van der Waals surface area contributed by atoms with E-state index in [9.17, 15) is 22.8 Å². The molecule has 0 unspecified atom stereocenters. The molecule has 5 rings (SSSR count). The van der Waals surface area contributed by atoms with Crippen molar-refractivity contribution in [2.45, 2.75) is 38.3 Å². The molecule has 0 aliphatic carbocycles. The van der Waals surface area contributed by atoms with Crippen LogP contribution in [0.25, 0.3) is 16.8 Å². The van der Waals surface area contributed by atoms with Gasteiger partial charge >= 0.3 is 6.18 Å². The van der Waals surface area contributed by atoms with Crippen LogP contribution in [0.4, 0.5) is 24.8 Å². The van der Waals surface area contributed by atoms with Crippen molar-refractivity contribution in [2.75, 3.05) is 31.2 Å². The Labute approximate surface area is 233 Å². The number of fused-ring (bicyclic) bond motifs is 1. The number of aromatic nitrogens is 4. The average molecular weight is 568 g/mol. The first-order chi connectivity index (χ1) is 19.6. The summed E-state index contributed by atoms with van der Waals surface area (Å²) < 4.78 is 46.7. The van der Waals surface area contributed by atoms with Crippen LogP contribution in [-0.4, -0.2) is 56.3 Å². The van der Waals surface area contributed by atoms with E-state index in [2.05, 4.69) is 15.3 Å². The van der Waals surface area contributed by atoms with Gasteiger partial charge in [0.2, 0.25) is 5.91 Å². The van der Waals surface area contributed by atoms with Gasteiger partial charge in [0, 0.05) is 55.1 Å². The summed E-state index contributed by atoms with van der Waals surface area (Å²) in [7, 11) is 1.44. The number of nitrogen functional groups attached to an aromatic ring is 1. The third-order valence-electron chi connectivity index (χ3n) is 7.10. The summed E-state index contributed by atoms with van der Waals surface area (Å²) in [4.78, 5) is 40.2. The number of carbonyl (C=O) groups is 2. The van der Waals surface area contributed by atoms with Crippen molar-refractivity contribution in [1.82, 2.24) is 24.3 Å². The topological polar surface area (TPSA) is 128 Å². The first kappa shape index (κ1) is 27.9. The van der Waals surface area contributed by atoms with Crippen LogP contribution in [-0.2, 0) is 11.0 Å². The quantitative estimate of drug-likeness (QED) is 0.344. The summed E-state index contributed by atoms with van der Waals surface area (Å²) in [5.41, 5.74) is 7.11. The smallest absolute Gasteiger partial charge is 0.416 e. The number of benzene rings is 1. The molecule has 1 aliphatic heterocycles. The lowest BCUT2D eigenvalue weighted by Gasteiger charge is -2.32. The zero-order valence-corrected chi connectivity index (χ0v) is 22.4. The molecular formula is C28H28F3N7O3. The van der Waals surface area contributed by atoms with Gasteiger partial charge in [-0.1, -0.05) is 6.92 Å². The van der Waals surface area contributed by atoms with Crippen LogP contribution in [0, 0.1) is 0 Å². The van der Waals surface area contributed by atoms with Crippen molar-refractivity contribution >= 4 is 29.0 Å². The molecule has 10 nitrogen and oxygen atoms in total. The fourth-order valence-corrected chi connectivity index (χ4v) is 5.09. The molecule has 1 fully saturated rings. The molecular weight excluding hydrogens is 539 g/mol. The first-order valence-electron chi connectivity index (χ1n) is 13.0. The monoisotopic (exact) mass is 567 g/mol. The van der Waals surface area contributed by atoms with Crippen LogP contribution in [0.5, 0.6) is 5.75 Å². The van der Waals surface area contributed by atoms with Crippen LogP contribution >= 0.6 is 0 Å². The molecule has 3 aromatic heterocycles. The number of anilines is 2. The zero-order valence-electron chi connectivity index (χ0n) is 22.4. The number of halogens is 3. The van der Waals surface area contributed by atoms with Crippen LogP contribution in [0.2, 0.25) is 0 Å². The minimum absolute atomic E-state index is 0.0293. The minimum atomic E-state index is -4.57. The Morgan fingerprint density at radius 3 is 2.71 bits per heavy atom. The third-order valence-corrected chi connectivity index (χ3v) is 7.10.